The topological polar surface area (TPSA) is 85.0 Å². The van der Waals surface area contributed by atoms with E-state index in [9.17, 15) is 9.18 Å². The number of benzene rings is 1. The standard InChI is InChI=1S/C18H16FN5O2/c19-14-4-2-1-3-12(14)9-16(25)24-8-5-13(11-24)17-22-18(26-23-17)15-10-20-6-7-21-15/h1-4,6-7,10,13H,5,8-9,11H2. The van der Waals surface area contributed by atoms with Crippen LogP contribution in [0.3, 0.4) is 0 Å². The lowest BCUT2D eigenvalue weighted by Crippen LogP contribution is -2.30. The number of rotatable bonds is 4. The first-order valence-corrected chi connectivity index (χ1v) is 8.32. The summed E-state index contributed by atoms with van der Waals surface area (Å²) in [7, 11) is 0. The molecule has 7 nitrogen and oxygen atoms in total. The van der Waals surface area contributed by atoms with Gasteiger partial charge in [-0.25, -0.2) is 9.37 Å². The molecular formula is C18H16FN5O2. The van der Waals surface area contributed by atoms with E-state index < -0.39 is 0 Å². The Morgan fingerprint density at radius 1 is 1.31 bits per heavy atom. The van der Waals surface area contributed by atoms with E-state index in [2.05, 4.69) is 20.1 Å². The highest BCUT2D eigenvalue weighted by atomic mass is 19.1. The predicted molar refractivity (Wildman–Crippen MR) is 89.4 cm³/mol. The largest absolute Gasteiger partial charge is 0.342 e. The highest BCUT2D eigenvalue weighted by Gasteiger charge is 2.31. The number of carbonyl (C=O) groups excluding carboxylic acids is 1. The van der Waals surface area contributed by atoms with Gasteiger partial charge in [0.15, 0.2) is 5.82 Å². The normalized spacial score (nSPS) is 16.8. The fourth-order valence-electron chi connectivity index (χ4n) is 3.03. The van der Waals surface area contributed by atoms with Gasteiger partial charge in [0.1, 0.15) is 11.5 Å². The van der Waals surface area contributed by atoms with Crippen molar-refractivity contribution < 1.29 is 13.7 Å². The number of hydrogen-bond acceptors (Lipinski definition) is 6. The molecule has 0 saturated carbocycles. The second kappa shape index (κ2) is 6.99. The Hall–Kier alpha value is -3.16. The first-order valence-electron chi connectivity index (χ1n) is 8.32. The van der Waals surface area contributed by atoms with Crippen LogP contribution in [0, 0.1) is 5.82 Å². The molecule has 8 heteroatoms. The molecular weight excluding hydrogens is 337 g/mol. The lowest BCUT2D eigenvalue weighted by atomic mass is 10.1. The summed E-state index contributed by atoms with van der Waals surface area (Å²) in [5.74, 6) is 0.392. The average molecular weight is 353 g/mol. The average Bonchev–Trinajstić information content (AvgIpc) is 3.34. The van der Waals surface area contributed by atoms with Gasteiger partial charge in [-0.15, -0.1) is 0 Å². The molecule has 1 unspecified atom stereocenters. The van der Waals surface area contributed by atoms with Crippen LogP contribution < -0.4 is 0 Å². The SMILES string of the molecule is O=C(Cc1ccccc1F)N1CCC(c2noc(-c3cnccn3)n2)C1. The van der Waals surface area contributed by atoms with Gasteiger partial charge in [0.05, 0.1) is 12.6 Å². The summed E-state index contributed by atoms with van der Waals surface area (Å²) in [5.41, 5.74) is 0.919. The van der Waals surface area contributed by atoms with Crippen molar-refractivity contribution >= 4 is 5.91 Å². The molecule has 4 rings (SSSR count). The van der Waals surface area contributed by atoms with E-state index >= 15 is 0 Å². The van der Waals surface area contributed by atoms with Crippen LogP contribution in [0.25, 0.3) is 11.6 Å². The Bertz CT molecular complexity index is 915. The third-order valence-electron chi connectivity index (χ3n) is 4.43. The Morgan fingerprint density at radius 3 is 3.00 bits per heavy atom. The van der Waals surface area contributed by atoms with Crippen molar-refractivity contribution in [2.45, 2.75) is 18.8 Å². The minimum Gasteiger partial charge on any atom is -0.342 e. The van der Waals surface area contributed by atoms with E-state index in [1.54, 1.807) is 41.7 Å². The van der Waals surface area contributed by atoms with Crippen LogP contribution in [-0.4, -0.2) is 44.0 Å². The molecule has 0 aliphatic carbocycles. The summed E-state index contributed by atoms with van der Waals surface area (Å²) in [5, 5.41) is 4.01. The smallest absolute Gasteiger partial charge is 0.278 e. The van der Waals surface area contributed by atoms with Crippen molar-refractivity contribution in [3.05, 3.63) is 60.1 Å². The number of likely N-dealkylation sites (tertiary alicyclic amines) is 1. The van der Waals surface area contributed by atoms with Crippen LogP contribution in [-0.2, 0) is 11.2 Å². The highest BCUT2D eigenvalue weighted by molar-refractivity contribution is 5.79. The highest BCUT2D eigenvalue weighted by Crippen LogP contribution is 2.27. The first kappa shape index (κ1) is 16.3. The zero-order chi connectivity index (χ0) is 17.9. The molecule has 0 N–H and O–H groups in total. The molecule has 3 heterocycles. The number of hydrogen-bond donors (Lipinski definition) is 0. The van der Waals surface area contributed by atoms with E-state index in [1.807, 2.05) is 0 Å². The molecule has 3 aromatic rings. The lowest BCUT2D eigenvalue weighted by Gasteiger charge is -2.16. The monoisotopic (exact) mass is 353 g/mol. The van der Waals surface area contributed by atoms with E-state index in [1.165, 1.54) is 6.07 Å². The maximum absolute atomic E-state index is 13.7. The van der Waals surface area contributed by atoms with Gasteiger partial charge >= 0.3 is 0 Å². The van der Waals surface area contributed by atoms with Crippen LogP contribution >= 0.6 is 0 Å². The predicted octanol–water partition coefficient (Wildman–Crippen LogP) is 2.22. The zero-order valence-corrected chi connectivity index (χ0v) is 13.9. The lowest BCUT2D eigenvalue weighted by molar-refractivity contribution is -0.129. The molecule has 1 amide bonds. The van der Waals surface area contributed by atoms with Gasteiger partial charge in [0.25, 0.3) is 5.89 Å². The number of nitrogens with zero attached hydrogens (tertiary/aromatic N) is 5. The van der Waals surface area contributed by atoms with Crippen molar-refractivity contribution in [2.24, 2.45) is 0 Å². The maximum atomic E-state index is 13.7. The Labute approximate surface area is 148 Å². The molecule has 2 aromatic heterocycles. The van der Waals surface area contributed by atoms with Gasteiger partial charge < -0.3 is 9.42 Å². The molecule has 0 bridgehead atoms. The fraction of sp³-hybridized carbons (Fsp3) is 0.278. The van der Waals surface area contributed by atoms with Gasteiger partial charge in [0, 0.05) is 31.4 Å². The van der Waals surface area contributed by atoms with Crippen LogP contribution in [0.15, 0.2) is 47.4 Å². The Morgan fingerprint density at radius 2 is 2.19 bits per heavy atom. The fourth-order valence-corrected chi connectivity index (χ4v) is 3.03. The van der Waals surface area contributed by atoms with Gasteiger partial charge in [-0.2, -0.15) is 4.98 Å². The summed E-state index contributed by atoms with van der Waals surface area (Å²) in [6, 6.07) is 6.34. The summed E-state index contributed by atoms with van der Waals surface area (Å²) < 4.78 is 19.0. The van der Waals surface area contributed by atoms with Crippen molar-refractivity contribution in [3.8, 4) is 11.6 Å². The molecule has 26 heavy (non-hydrogen) atoms. The van der Waals surface area contributed by atoms with E-state index in [4.69, 9.17) is 4.52 Å². The zero-order valence-electron chi connectivity index (χ0n) is 13.9. The van der Waals surface area contributed by atoms with Gasteiger partial charge in [-0.3, -0.25) is 9.78 Å². The minimum atomic E-state index is -0.358. The van der Waals surface area contributed by atoms with Gasteiger partial charge in [0.2, 0.25) is 5.91 Å². The minimum absolute atomic E-state index is 0.00579. The maximum Gasteiger partial charge on any atom is 0.278 e. The molecule has 1 saturated heterocycles. The van der Waals surface area contributed by atoms with Crippen molar-refractivity contribution in [2.75, 3.05) is 13.1 Å². The summed E-state index contributed by atoms with van der Waals surface area (Å²) in [6.45, 7) is 1.08. The number of aromatic nitrogens is 4. The second-order valence-corrected chi connectivity index (χ2v) is 6.14. The number of amides is 1. The van der Waals surface area contributed by atoms with Crippen molar-refractivity contribution in [1.29, 1.82) is 0 Å². The Balaban J connectivity index is 1.42. The van der Waals surface area contributed by atoms with Crippen LogP contribution in [0.2, 0.25) is 0 Å². The van der Waals surface area contributed by atoms with Crippen molar-refractivity contribution in [1.82, 2.24) is 25.0 Å². The Kier molecular flexibility index (Phi) is 4.39. The van der Waals surface area contributed by atoms with E-state index in [0.717, 1.165) is 6.42 Å². The molecule has 1 atom stereocenters. The van der Waals surface area contributed by atoms with E-state index in [0.29, 0.717) is 36.1 Å². The van der Waals surface area contributed by atoms with Crippen molar-refractivity contribution in [3.63, 3.8) is 0 Å². The third kappa shape index (κ3) is 3.30. The molecule has 132 valence electrons. The van der Waals surface area contributed by atoms with Gasteiger partial charge in [-0.1, -0.05) is 23.4 Å². The number of halogens is 1. The van der Waals surface area contributed by atoms with Crippen LogP contribution in [0.5, 0.6) is 0 Å². The molecule has 0 spiro atoms. The molecule has 0 radical (unpaired) electrons. The third-order valence-corrected chi connectivity index (χ3v) is 4.43. The van der Waals surface area contributed by atoms with Crippen LogP contribution in [0.1, 0.15) is 23.7 Å². The molecule has 1 aromatic carbocycles. The van der Waals surface area contributed by atoms with Gasteiger partial charge in [-0.05, 0) is 18.1 Å². The summed E-state index contributed by atoms with van der Waals surface area (Å²) in [6.07, 6.45) is 5.46. The molecule has 1 fully saturated rings. The molecule has 1 aliphatic heterocycles. The molecule has 1 aliphatic rings. The van der Waals surface area contributed by atoms with E-state index in [-0.39, 0.29) is 24.1 Å². The second-order valence-electron chi connectivity index (χ2n) is 6.14. The first-order chi connectivity index (χ1) is 12.7. The summed E-state index contributed by atoms with van der Waals surface area (Å²) in [4.78, 5) is 26.6. The van der Waals surface area contributed by atoms with Crippen LogP contribution in [0.4, 0.5) is 4.39 Å². The number of carbonyl (C=O) groups is 1. The summed E-state index contributed by atoms with van der Waals surface area (Å²) >= 11 is 0. The quantitative estimate of drug-likeness (QED) is 0.715.